The second-order valence-corrected chi connectivity index (χ2v) is 6.75. The summed E-state index contributed by atoms with van der Waals surface area (Å²) in [5, 5.41) is 2.88. The first-order valence-electron chi connectivity index (χ1n) is 7.98. The van der Waals surface area contributed by atoms with E-state index in [-0.39, 0.29) is 47.3 Å². The fourth-order valence-corrected chi connectivity index (χ4v) is 4.12. The van der Waals surface area contributed by atoms with E-state index in [1.807, 2.05) is 0 Å². The minimum atomic E-state index is -0.103. The normalized spacial score (nSPS) is 36.5. The van der Waals surface area contributed by atoms with E-state index in [1.54, 1.807) is 0 Å². The molecular formula is C16H20N2O3. The highest BCUT2D eigenvalue weighted by atomic mass is 16.2. The molecule has 1 heterocycles. The van der Waals surface area contributed by atoms with Gasteiger partial charge in [-0.1, -0.05) is 12.2 Å². The summed E-state index contributed by atoms with van der Waals surface area (Å²) >= 11 is 0. The molecule has 21 heavy (non-hydrogen) atoms. The first kappa shape index (κ1) is 13.0. The Morgan fingerprint density at radius 1 is 1.14 bits per heavy atom. The van der Waals surface area contributed by atoms with Crippen molar-refractivity contribution in [3.8, 4) is 0 Å². The first-order chi connectivity index (χ1) is 10.2. The lowest BCUT2D eigenvalue weighted by Gasteiger charge is -2.17. The van der Waals surface area contributed by atoms with E-state index in [2.05, 4.69) is 17.5 Å². The number of carbonyl (C=O) groups is 3. The van der Waals surface area contributed by atoms with Crippen molar-refractivity contribution < 1.29 is 14.4 Å². The molecule has 0 unspecified atom stereocenters. The van der Waals surface area contributed by atoms with Gasteiger partial charge in [0.1, 0.15) is 0 Å². The average Bonchev–Trinajstić information content (AvgIpc) is 3.06. The van der Waals surface area contributed by atoms with Gasteiger partial charge in [0, 0.05) is 19.0 Å². The lowest BCUT2D eigenvalue weighted by atomic mass is 9.85. The van der Waals surface area contributed by atoms with Crippen molar-refractivity contribution in [3.05, 3.63) is 12.2 Å². The molecule has 1 saturated heterocycles. The van der Waals surface area contributed by atoms with Crippen molar-refractivity contribution in [2.45, 2.75) is 25.7 Å². The van der Waals surface area contributed by atoms with Crippen LogP contribution in [-0.4, -0.2) is 35.7 Å². The minimum Gasteiger partial charge on any atom is -0.356 e. The third-order valence-corrected chi connectivity index (χ3v) is 5.37. The number of nitrogens with one attached hydrogen (secondary N) is 1. The zero-order chi connectivity index (χ0) is 14.6. The Morgan fingerprint density at radius 2 is 1.76 bits per heavy atom. The number of fused-ring (bicyclic) bond motifs is 5. The zero-order valence-electron chi connectivity index (χ0n) is 12.0. The van der Waals surface area contributed by atoms with Gasteiger partial charge in [0.05, 0.1) is 11.8 Å². The second kappa shape index (κ2) is 4.68. The predicted octanol–water partition coefficient (Wildman–Crippen LogP) is 0.710. The van der Waals surface area contributed by atoms with E-state index in [4.69, 9.17) is 0 Å². The summed E-state index contributed by atoms with van der Waals surface area (Å²) in [5.41, 5.74) is 0. The van der Waals surface area contributed by atoms with Crippen LogP contribution < -0.4 is 5.32 Å². The van der Waals surface area contributed by atoms with Crippen LogP contribution in [0.15, 0.2) is 12.2 Å². The number of likely N-dealkylation sites (tertiary alicyclic amines) is 1. The largest absolute Gasteiger partial charge is 0.356 e. The Labute approximate surface area is 123 Å². The molecular weight excluding hydrogens is 268 g/mol. The van der Waals surface area contributed by atoms with Gasteiger partial charge in [-0.2, -0.15) is 0 Å². The lowest BCUT2D eigenvalue weighted by Crippen LogP contribution is -2.36. The summed E-state index contributed by atoms with van der Waals surface area (Å²) in [6.45, 7) is 0.988. The van der Waals surface area contributed by atoms with Gasteiger partial charge < -0.3 is 5.32 Å². The van der Waals surface area contributed by atoms with Crippen LogP contribution in [0.5, 0.6) is 0 Å². The molecule has 4 aliphatic rings. The SMILES string of the molecule is O=C(NCCCN1C(=O)[C@H]2[C@H](C1=O)[C@H]1C=C[C@H]2C1)C1CC1. The van der Waals surface area contributed by atoms with Crippen LogP contribution in [0.3, 0.4) is 0 Å². The molecule has 112 valence electrons. The van der Waals surface area contributed by atoms with E-state index >= 15 is 0 Å². The fourth-order valence-electron chi connectivity index (χ4n) is 4.12. The second-order valence-electron chi connectivity index (χ2n) is 6.75. The zero-order valence-corrected chi connectivity index (χ0v) is 12.0. The van der Waals surface area contributed by atoms with E-state index in [0.29, 0.717) is 19.5 Å². The Bertz CT molecular complexity index is 508. The summed E-state index contributed by atoms with van der Waals surface area (Å²) in [6, 6.07) is 0. The summed E-state index contributed by atoms with van der Waals surface area (Å²) in [6.07, 6.45) is 7.82. The third-order valence-electron chi connectivity index (χ3n) is 5.37. The Morgan fingerprint density at radius 3 is 2.33 bits per heavy atom. The van der Waals surface area contributed by atoms with E-state index in [0.717, 1.165) is 19.3 Å². The molecule has 2 bridgehead atoms. The van der Waals surface area contributed by atoms with Gasteiger partial charge >= 0.3 is 0 Å². The molecule has 0 aromatic heterocycles. The van der Waals surface area contributed by atoms with Crippen molar-refractivity contribution in [2.24, 2.45) is 29.6 Å². The lowest BCUT2D eigenvalue weighted by molar-refractivity contribution is -0.140. The molecule has 0 aromatic carbocycles. The molecule has 5 heteroatoms. The van der Waals surface area contributed by atoms with Crippen molar-refractivity contribution >= 4 is 17.7 Å². The van der Waals surface area contributed by atoms with Crippen molar-refractivity contribution in [1.29, 1.82) is 0 Å². The minimum absolute atomic E-state index is 0.00960. The Hall–Kier alpha value is -1.65. The topological polar surface area (TPSA) is 66.5 Å². The van der Waals surface area contributed by atoms with Gasteiger partial charge in [0.25, 0.3) is 0 Å². The van der Waals surface area contributed by atoms with Crippen LogP contribution in [-0.2, 0) is 14.4 Å². The molecule has 2 saturated carbocycles. The number of nitrogens with zero attached hydrogens (tertiary/aromatic N) is 1. The molecule has 1 N–H and O–H groups in total. The van der Waals surface area contributed by atoms with Gasteiger partial charge in [-0.15, -0.1) is 0 Å². The number of rotatable bonds is 5. The first-order valence-corrected chi connectivity index (χ1v) is 7.98. The molecule has 5 nitrogen and oxygen atoms in total. The van der Waals surface area contributed by atoms with Gasteiger partial charge in [-0.3, -0.25) is 19.3 Å². The molecule has 0 spiro atoms. The van der Waals surface area contributed by atoms with E-state index in [9.17, 15) is 14.4 Å². The number of carbonyl (C=O) groups excluding carboxylic acids is 3. The van der Waals surface area contributed by atoms with Crippen LogP contribution in [0.2, 0.25) is 0 Å². The molecule has 3 aliphatic carbocycles. The molecule has 3 amide bonds. The molecule has 3 fully saturated rings. The van der Waals surface area contributed by atoms with Crippen molar-refractivity contribution in [2.75, 3.05) is 13.1 Å². The van der Waals surface area contributed by atoms with Crippen molar-refractivity contribution in [3.63, 3.8) is 0 Å². The molecule has 0 aromatic rings. The molecule has 4 rings (SSSR count). The van der Waals surface area contributed by atoms with Crippen LogP contribution >= 0.6 is 0 Å². The maximum Gasteiger partial charge on any atom is 0.233 e. The Kier molecular flexibility index (Phi) is 2.91. The summed E-state index contributed by atoms with van der Waals surface area (Å²) in [4.78, 5) is 37.8. The standard InChI is InChI=1S/C16H20N2O3/c19-14(9-2-3-9)17-6-1-7-18-15(20)12-10-4-5-11(8-10)13(12)16(18)21/h4-5,9-13H,1-3,6-8H2,(H,17,19)/t10-,11-,12+,13+/m0/s1. The number of hydrogen-bond donors (Lipinski definition) is 1. The quantitative estimate of drug-likeness (QED) is 0.460. The summed E-state index contributed by atoms with van der Waals surface area (Å²) < 4.78 is 0. The van der Waals surface area contributed by atoms with Crippen LogP contribution in [0.25, 0.3) is 0 Å². The number of hydrogen-bond acceptors (Lipinski definition) is 3. The highest BCUT2D eigenvalue weighted by Gasteiger charge is 2.58. The summed E-state index contributed by atoms with van der Waals surface area (Å²) in [7, 11) is 0. The highest BCUT2D eigenvalue weighted by molar-refractivity contribution is 6.06. The maximum absolute atomic E-state index is 12.4. The van der Waals surface area contributed by atoms with Gasteiger partial charge in [-0.05, 0) is 37.5 Å². The number of amides is 3. The van der Waals surface area contributed by atoms with Crippen molar-refractivity contribution in [1.82, 2.24) is 10.2 Å². The highest BCUT2D eigenvalue weighted by Crippen LogP contribution is 2.52. The number of allylic oxidation sites excluding steroid dienone is 2. The molecule has 0 radical (unpaired) electrons. The van der Waals surface area contributed by atoms with Crippen LogP contribution in [0.4, 0.5) is 0 Å². The number of imide groups is 1. The van der Waals surface area contributed by atoms with E-state index in [1.165, 1.54) is 4.90 Å². The fraction of sp³-hybridized carbons (Fsp3) is 0.688. The van der Waals surface area contributed by atoms with Gasteiger partial charge in [0.2, 0.25) is 17.7 Å². The van der Waals surface area contributed by atoms with Crippen LogP contribution in [0.1, 0.15) is 25.7 Å². The predicted molar refractivity (Wildman–Crippen MR) is 74.8 cm³/mol. The monoisotopic (exact) mass is 288 g/mol. The summed E-state index contributed by atoms with van der Waals surface area (Å²) in [5.74, 6) is 0.689. The Balaban J connectivity index is 1.31. The van der Waals surface area contributed by atoms with Gasteiger partial charge in [-0.25, -0.2) is 0 Å². The molecule has 4 atom stereocenters. The smallest absolute Gasteiger partial charge is 0.233 e. The van der Waals surface area contributed by atoms with E-state index < -0.39 is 0 Å². The van der Waals surface area contributed by atoms with Crippen LogP contribution in [0, 0.1) is 29.6 Å². The third kappa shape index (κ3) is 2.01. The van der Waals surface area contributed by atoms with Gasteiger partial charge in [0.15, 0.2) is 0 Å². The maximum atomic E-state index is 12.4. The molecule has 1 aliphatic heterocycles. The average molecular weight is 288 g/mol.